The van der Waals surface area contributed by atoms with Crippen LogP contribution in [0.25, 0.3) is 22.2 Å². The van der Waals surface area contributed by atoms with Crippen LogP contribution in [0.1, 0.15) is 29.9 Å². The number of rotatable bonds is 10. The third-order valence-electron chi connectivity index (χ3n) is 4.72. The molecule has 3 aromatic rings. The van der Waals surface area contributed by atoms with Crippen LogP contribution in [0, 0.1) is 19.8 Å². The fourth-order valence-corrected chi connectivity index (χ4v) is 4.42. The second kappa shape index (κ2) is 10.7. The van der Waals surface area contributed by atoms with Crippen molar-refractivity contribution >= 4 is 17.2 Å². The zero-order chi connectivity index (χ0) is 23.3. The summed E-state index contributed by atoms with van der Waals surface area (Å²) in [5, 5.41) is 25.2. The van der Waals surface area contributed by atoms with E-state index in [0.717, 1.165) is 28.0 Å². The first-order valence-corrected chi connectivity index (χ1v) is 11.3. The van der Waals surface area contributed by atoms with E-state index < -0.39 is 18.6 Å². The Labute approximate surface area is 191 Å². The minimum Gasteiger partial charge on any atom is -0.490 e. The smallest absolute Gasteiger partial charge is 0.268 e. The molecular weight excluding hydrogens is 430 g/mol. The van der Waals surface area contributed by atoms with Gasteiger partial charge in [0.25, 0.3) is 5.89 Å². The van der Waals surface area contributed by atoms with E-state index in [4.69, 9.17) is 14.4 Å². The molecule has 3 N–H and O–H groups in total. The molecule has 3 rings (SSSR count). The van der Waals surface area contributed by atoms with Gasteiger partial charge in [0.2, 0.25) is 11.7 Å². The molecule has 0 unspecified atom stereocenters. The summed E-state index contributed by atoms with van der Waals surface area (Å²) in [6, 6.07) is 7.94. The summed E-state index contributed by atoms with van der Waals surface area (Å²) in [5.41, 5.74) is 2.55. The predicted molar refractivity (Wildman–Crippen MR) is 123 cm³/mol. The summed E-state index contributed by atoms with van der Waals surface area (Å²) in [7, 11) is 0. The molecule has 0 aliphatic carbocycles. The number of amides is 1. The highest BCUT2D eigenvalue weighted by molar-refractivity contribution is 7.15. The summed E-state index contributed by atoms with van der Waals surface area (Å²) < 4.78 is 11.3. The maximum absolute atomic E-state index is 11.1. The Morgan fingerprint density at radius 2 is 1.97 bits per heavy atom. The molecule has 0 aliphatic heterocycles. The van der Waals surface area contributed by atoms with Crippen molar-refractivity contribution in [2.75, 3.05) is 19.8 Å². The van der Waals surface area contributed by atoms with Crippen LogP contribution in [0.4, 0.5) is 0 Å². The highest BCUT2D eigenvalue weighted by Gasteiger charge is 2.16. The molecule has 0 saturated heterocycles. The third kappa shape index (κ3) is 6.15. The number of benzene rings is 1. The van der Waals surface area contributed by atoms with Crippen molar-refractivity contribution < 1.29 is 24.3 Å². The van der Waals surface area contributed by atoms with Crippen molar-refractivity contribution in [1.82, 2.24) is 15.5 Å². The maximum Gasteiger partial charge on any atom is 0.268 e. The van der Waals surface area contributed by atoms with Crippen molar-refractivity contribution in [1.29, 1.82) is 0 Å². The van der Waals surface area contributed by atoms with Crippen LogP contribution in [0.3, 0.4) is 0 Å². The van der Waals surface area contributed by atoms with E-state index in [2.05, 4.69) is 35.4 Å². The Kier molecular flexibility index (Phi) is 8.00. The lowest BCUT2D eigenvalue weighted by molar-refractivity contribution is -0.124. The summed E-state index contributed by atoms with van der Waals surface area (Å²) in [4.78, 5) is 17.9. The Morgan fingerprint density at radius 1 is 1.25 bits per heavy atom. The fourth-order valence-electron chi connectivity index (χ4n) is 3.28. The number of aliphatic hydroxyl groups is 2. The van der Waals surface area contributed by atoms with Crippen LogP contribution in [-0.4, -0.2) is 52.1 Å². The van der Waals surface area contributed by atoms with Crippen LogP contribution < -0.4 is 10.1 Å². The number of nitrogens with one attached hydrogen (secondary N) is 1. The lowest BCUT2D eigenvalue weighted by Gasteiger charge is -2.16. The summed E-state index contributed by atoms with van der Waals surface area (Å²) >= 11 is 1.67. The van der Waals surface area contributed by atoms with Crippen LogP contribution in [0.5, 0.6) is 5.75 Å². The highest BCUT2D eigenvalue weighted by atomic mass is 32.1. The molecule has 0 aliphatic rings. The lowest BCUT2D eigenvalue weighted by Crippen LogP contribution is -2.36. The van der Waals surface area contributed by atoms with Gasteiger partial charge in [-0.1, -0.05) is 19.0 Å². The highest BCUT2D eigenvalue weighted by Crippen LogP contribution is 2.32. The normalized spacial score (nSPS) is 12.2. The van der Waals surface area contributed by atoms with E-state index in [0.29, 0.717) is 23.4 Å². The van der Waals surface area contributed by atoms with Crippen molar-refractivity contribution in [3.63, 3.8) is 0 Å². The number of carbonyl (C=O) groups is 1. The van der Waals surface area contributed by atoms with E-state index >= 15 is 0 Å². The summed E-state index contributed by atoms with van der Waals surface area (Å²) in [5.74, 6) is 1.71. The first-order chi connectivity index (χ1) is 15.3. The molecule has 2 aromatic heterocycles. The number of carbonyl (C=O) groups excluding carboxylic acids is 1. The Bertz CT molecular complexity index is 1040. The molecule has 172 valence electrons. The average molecular weight is 460 g/mol. The van der Waals surface area contributed by atoms with Crippen molar-refractivity contribution in [2.45, 2.75) is 40.2 Å². The van der Waals surface area contributed by atoms with Gasteiger partial charge in [0.1, 0.15) is 25.1 Å². The molecule has 0 saturated carbocycles. The zero-order valence-electron chi connectivity index (χ0n) is 18.7. The minimum atomic E-state index is -0.893. The molecule has 0 spiro atoms. The summed E-state index contributed by atoms with van der Waals surface area (Å²) in [6.07, 6.45) is 0.128. The molecule has 0 radical (unpaired) electrons. The van der Waals surface area contributed by atoms with E-state index in [-0.39, 0.29) is 13.2 Å². The van der Waals surface area contributed by atoms with Crippen molar-refractivity contribution in [3.05, 3.63) is 40.3 Å². The van der Waals surface area contributed by atoms with Gasteiger partial charge in [-0.25, -0.2) is 0 Å². The molecule has 1 amide bonds. The number of thiophene rings is 1. The number of aryl methyl sites for hydroxylation is 2. The van der Waals surface area contributed by atoms with E-state index in [9.17, 15) is 9.90 Å². The molecule has 0 fully saturated rings. The topological polar surface area (TPSA) is 118 Å². The second-order valence-electron chi connectivity index (χ2n) is 8.15. The van der Waals surface area contributed by atoms with Crippen LogP contribution in [0.2, 0.25) is 0 Å². The SMILES string of the molecule is Cc1cc(-c2noc(-c3ccc(CC(C)C)s3)n2)cc(C)c1OC[C@H](O)CNC(=O)CO. The van der Waals surface area contributed by atoms with Gasteiger partial charge in [0.15, 0.2) is 0 Å². The molecule has 2 heterocycles. The fraction of sp³-hybridized carbons (Fsp3) is 0.435. The number of aromatic nitrogens is 2. The van der Waals surface area contributed by atoms with Gasteiger partial charge in [-0.15, -0.1) is 11.3 Å². The standard InChI is InChI=1S/C23H29N3O5S/c1-13(2)7-18-5-6-19(32-18)23-25-22(26-31-23)16-8-14(3)21(15(4)9-16)30-12-17(28)10-24-20(29)11-27/h5-6,8-9,13,17,27-28H,7,10-12H2,1-4H3,(H,24,29)/t17-/m1/s1. The maximum atomic E-state index is 11.1. The number of hydrogen-bond donors (Lipinski definition) is 3. The number of hydrogen-bond acceptors (Lipinski definition) is 8. The van der Waals surface area contributed by atoms with Crippen molar-refractivity contribution in [2.24, 2.45) is 5.92 Å². The molecule has 9 heteroatoms. The lowest BCUT2D eigenvalue weighted by atomic mass is 10.1. The Balaban J connectivity index is 1.68. The van der Waals surface area contributed by atoms with E-state index in [1.54, 1.807) is 11.3 Å². The van der Waals surface area contributed by atoms with E-state index in [1.165, 1.54) is 4.88 Å². The van der Waals surface area contributed by atoms with Gasteiger partial charge < -0.3 is 24.8 Å². The molecular formula is C23H29N3O5S. The molecule has 8 nitrogen and oxygen atoms in total. The van der Waals surface area contributed by atoms with E-state index in [1.807, 2.05) is 32.0 Å². The average Bonchev–Trinajstić information content (AvgIpc) is 3.40. The molecule has 1 atom stereocenters. The quantitative estimate of drug-likeness (QED) is 0.426. The monoisotopic (exact) mass is 459 g/mol. The molecule has 1 aromatic carbocycles. The van der Waals surface area contributed by atoms with Gasteiger partial charge in [0, 0.05) is 17.0 Å². The number of nitrogens with zero attached hydrogens (tertiary/aromatic N) is 2. The van der Waals surface area contributed by atoms with Crippen molar-refractivity contribution in [3.8, 4) is 27.9 Å². The van der Waals surface area contributed by atoms with Gasteiger partial charge in [-0.05, 0) is 61.6 Å². The first kappa shape index (κ1) is 23.9. The molecule has 32 heavy (non-hydrogen) atoms. The summed E-state index contributed by atoms with van der Waals surface area (Å²) in [6.45, 7) is 7.60. The molecule has 0 bridgehead atoms. The third-order valence-corrected chi connectivity index (χ3v) is 5.82. The number of ether oxygens (including phenoxy) is 1. The predicted octanol–water partition coefficient (Wildman–Crippen LogP) is 3.13. The minimum absolute atomic E-state index is 0.00279. The van der Waals surface area contributed by atoms with Gasteiger partial charge in [0.05, 0.1) is 4.88 Å². The Morgan fingerprint density at radius 3 is 2.62 bits per heavy atom. The Hall–Kier alpha value is -2.75. The first-order valence-electron chi connectivity index (χ1n) is 10.5. The second-order valence-corrected chi connectivity index (χ2v) is 9.32. The van der Waals surface area contributed by atoms with Gasteiger partial charge in [-0.3, -0.25) is 4.79 Å². The van der Waals surface area contributed by atoms with Gasteiger partial charge >= 0.3 is 0 Å². The van der Waals surface area contributed by atoms with Gasteiger partial charge in [-0.2, -0.15) is 4.98 Å². The zero-order valence-corrected chi connectivity index (χ0v) is 19.5. The largest absolute Gasteiger partial charge is 0.490 e. The van der Waals surface area contributed by atoms with Crippen LogP contribution in [0.15, 0.2) is 28.8 Å². The van der Waals surface area contributed by atoms with Crippen LogP contribution in [-0.2, 0) is 11.2 Å². The number of aliphatic hydroxyl groups excluding tert-OH is 2. The van der Waals surface area contributed by atoms with Crippen LogP contribution >= 0.6 is 11.3 Å².